The molecule has 1 fully saturated rings. The van der Waals surface area contributed by atoms with Crippen molar-refractivity contribution in [3.05, 3.63) is 10.6 Å². The lowest BCUT2D eigenvalue weighted by Gasteiger charge is -2.12. The van der Waals surface area contributed by atoms with Crippen molar-refractivity contribution in [2.75, 3.05) is 19.6 Å². The van der Waals surface area contributed by atoms with Crippen LogP contribution in [-0.4, -0.2) is 47.0 Å². The summed E-state index contributed by atoms with van der Waals surface area (Å²) in [5.74, 6) is 0. The molecule has 0 aromatic carbocycles. The Morgan fingerprint density at radius 2 is 1.92 bits per heavy atom. The van der Waals surface area contributed by atoms with Crippen molar-refractivity contribution in [1.82, 2.24) is 4.90 Å². The van der Waals surface area contributed by atoms with Crippen LogP contribution in [0.25, 0.3) is 0 Å². The fourth-order valence-electron chi connectivity index (χ4n) is 1.22. The summed E-state index contributed by atoms with van der Waals surface area (Å²) in [7, 11) is 0. The maximum absolute atomic E-state index is 9.17. The number of β-amino-alcohol motifs (C(OH)–C–C–N with tert-alkyl or cyclic N) is 2. The van der Waals surface area contributed by atoms with Gasteiger partial charge in [0.1, 0.15) is 0 Å². The van der Waals surface area contributed by atoms with Gasteiger partial charge in [0.2, 0.25) is 0 Å². The van der Waals surface area contributed by atoms with Crippen molar-refractivity contribution in [1.29, 1.82) is 0 Å². The summed E-state index contributed by atoms with van der Waals surface area (Å²) in [6.45, 7) is 1.38. The zero-order valence-corrected chi connectivity index (χ0v) is 7.96. The van der Waals surface area contributed by atoms with Gasteiger partial charge in [0.25, 0.3) is 0 Å². The Balaban J connectivity index is 2.37. The summed E-state index contributed by atoms with van der Waals surface area (Å²) < 4.78 is 0. The molecule has 0 amide bonds. The van der Waals surface area contributed by atoms with E-state index in [-0.39, 0.29) is 0 Å². The van der Waals surface area contributed by atoms with Crippen molar-refractivity contribution < 1.29 is 10.2 Å². The highest BCUT2D eigenvalue weighted by molar-refractivity contribution is 6.36. The van der Waals surface area contributed by atoms with E-state index in [1.54, 1.807) is 0 Å². The summed E-state index contributed by atoms with van der Waals surface area (Å²) in [6, 6.07) is 0. The Bertz CT molecular complexity index is 176. The minimum absolute atomic E-state index is 0.447. The molecule has 0 aromatic rings. The Morgan fingerprint density at radius 1 is 1.42 bits per heavy atom. The number of halogens is 2. The SMILES string of the molecule is OC1CN(C/C(Cl)=C/Cl)CC1O. The largest absolute Gasteiger partial charge is 0.389 e. The third-order valence-electron chi connectivity index (χ3n) is 1.83. The summed E-state index contributed by atoms with van der Waals surface area (Å²) >= 11 is 11.0. The first-order valence-electron chi connectivity index (χ1n) is 3.66. The van der Waals surface area contributed by atoms with Gasteiger partial charge in [-0.3, -0.25) is 4.90 Å². The lowest BCUT2D eigenvalue weighted by Crippen LogP contribution is -2.23. The molecule has 1 aliphatic heterocycles. The molecule has 1 saturated heterocycles. The predicted molar refractivity (Wildman–Crippen MR) is 48.2 cm³/mol. The van der Waals surface area contributed by atoms with Gasteiger partial charge in [-0.2, -0.15) is 0 Å². The van der Waals surface area contributed by atoms with Crippen LogP contribution >= 0.6 is 23.2 Å². The molecule has 12 heavy (non-hydrogen) atoms. The highest BCUT2D eigenvalue weighted by Gasteiger charge is 2.29. The van der Waals surface area contributed by atoms with Gasteiger partial charge in [0, 0.05) is 30.2 Å². The molecule has 0 aliphatic carbocycles. The molecule has 0 bridgehead atoms. The molecule has 5 heteroatoms. The number of aliphatic hydroxyl groups is 2. The fraction of sp³-hybridized carbons (Fsp3) is 0.714. The molecule has 0 aromatic heterocycles. The highest BCUT2D eigenvalue weighted by Crippen LogP contribution is 2.13. The van der Waals surface area contributed by atoms with Crippen LogP contribution in [0.2, 0.25) is 0 Å². The quantitative estimate of drug-likeness (QED) is 0.693. The molecule has 0 spiro atoms. The van der Waals surface area contributed by atoms with Crippen molar-refractivity contribution in [3.63, 3.8) is 0 Å². The molecule has 2 N–H and O–H groups in total. The normalized spacial score (nSPS) is 32.8. The van der Waals surface area contributed by atoms with E-state index in [4.69, 9.17) is 33.4 Å². The topological polar surface area (TPSA) is 43.7 Å². The maximum atomic E-state index is 9.17. The lowest BCUT2D eigenvalue weighted by atomic mass is 10.3. The second-order valence-corrected chi connectivity index (χ2v) is 3.59. The van der Waals surface area contributed by atoms with Crippen molar-refractivity contribution in [2.24, 2.45) is 0 Å². The van der Waals surface area contributed by atoms with Crippen molar-refractivity contribution >= 4 is 23.2 Å². The molecule has 70 valence electrons. The first-order valence-corrected chi connectivity index (χ1v) is 4.48. The van der Waals surface area contributed by atoms with Crippen LogP contribution in [0.3, 0.4) is 0 Å². The number of hydrogen-bond donors (Lipinski definition) is 2. The van der Waals surface area contributed by atoms with Crippen LogP contribution < -0.4 is 0 Å². The third kappa shape index (κ3) is 2.61. The molecule has 3 nitrogen and oxygen atoms in total. The first-order chi connectivity index (χ1) is 5.63. The van der Waals surface area contributed by atoms with E-state index in [2.05, 4.69) is 0 Å². The Morgan fingerprint density at radius 3 is 2.33 bits per heavy atom. The van der Waals surface area contributed by atoms with E-state index in [9.17, 15) is 0 Å². The molecule has 2 unspecified atom stereocenters. The van der Waals surface area contributed by atoms with E-state index >= 15 is 0 Å². The maximum Gasteiger partial charge on any atom is 0.0938 e. The predicted octanol–water partition coefficient (Wildman–Crippen LogP) is 0.343. The van der Waals surface area contributed by atoms with Crippen molar-refractivity contribution in [3.8, 4) is 0 Å². The Labute approximate surface area is 81.2 Å². The van der Waals surface area contributed by atoms with E-state index < -0.39 is 12.2 Å². The van der Waals surface area contributed by atoms with E-state index in [1.807, 2.05) is 4.90 Å². The monoisotopic (exact) mass is 211 g/mol. The molecule has 1 aliphatic rings. The summed E-state index contributed by atoms with van der Waals surface area (Å²) in [5.41, 5.74) is 1.29. The Hall–Kier alpha value is 0.200. The van der Waals surface area contributed by atoms with Gasteiger partial charge in [0.05, 0.1) is 12.2 Å². The number of rotatable bonds is 2. The second kappa shape index (κ2) is 4.44. The lowest BCUT2D eigenvalue weighted by molar-refractivity contribution is 0.0572. The van der Waals surface area contributed by atoms with Gasteiger partial charge in [-0.15, -0.1) is 0 Å². The molecule has 1 rings (SSSR count). The van der Waals surface area contributed by atoms with Crippen LogP contribution in [0.5, 0.6) is 0 Å². The third-order valence-corrected chi connectivity index (χ3v) is 2.43. The second-order valence-electron chi connectivity index (χ2n) is 2.88. The van der Waals surface area contributed by atoms with E-state index in [0.717, 1.165) is 0 Å². The van der Waals surface area contributed by atoms with Crippen LogP contribution in [0.15, 0.2) is 10.6 Å². The molecular weight excluding hydrogens is 201 g/mol. The van der Waals surface area contributed by atoms with Gasteiger partial charge >= 0.3 is 0 Å². The average molecular weight is 212 g/mol. The van der Waals surface area contributed by atoms with Gasteiger partial charge in [-0.1, -0.05) is 23.2 Å². The number of nitrogens with zero attached hydrogens (tertiary/aromatic N) is 1. The van der Waals surface area contributed by atoms with Gasteiger partial charge in [0.15, 0.2) is 0 Å². The summed E-state index contributed by atoms with van der Waals surface area (Å²) in [4.78, 5) is 1.84. The minimum Gasteiger partial charge on any atom is -0.389 e. The highest BCUT2D eigenvalue weighted by atomic mass is 35.5. The van der Waals surface area contributed by atoms with Crippen LogP contribution in [0.4, 0.5) is 0 Å². The van der Waals surface area contributed by atoms with Gasteiger partial charge < -0.3 is 10.2 Å². The van der Waals surface area contributed by atoms with E-state index in [0.29, 0.717) is 24.7 Å². The van der Waals surface area contributed by atoms with Crippen LogP contribution in [0.1, 0.15) is 0 Å². The van der Waals surface area contributed by atoms with E-state index in [1.165, 1.54) is 5.54 Å². The molecule has 0 saturated carbocycles. The zero-order chi connectivity index (χ0) is 9.14. The summed E-state index contributed by atoms with van der Waals surface area (Å²) in [6.07, 6.45) is -1.32. The number of likely N-dealkylation sites (tertiary alicyclic amines) is 1. The Kier molecular flexibility index (Phi) is 3.80. The fourth-order valence-corrected chi connectivity index (χ4v) is 1.46. The summed E-state index contributed by atoms with van der Waals surface area (Å²) in [5, 5.41) is 18.8. The molecule has 0 radical (unpaired) electrons. The minimum atomic E-state index is -0.662. The van der Waals surface area contributed by atoms with Gasteiger partial charge in [-0.05, 0) is 0 Å². The van der Waals surface area contributed by atoms with Crippen molar-refractivity contribution in [2.45, 2.75) is 12.2 Å². The molecular formula is C7H11Cl2NO2. The van der Waals surface area contributed by atoms with Crippen LogP contribution in [-0.2, 0) is 0 Å². The molecule has 2 atom stereocenters. The smallest absolute Gasteiger partial charge is 0.0938 e. The number of hydrogen-bond acceptors (Lipinski definition) is 3. The number of aliphatic hydroxyl groups excluding tert-OH is 2. The average Bonchev–Trinajstić information content (AvgIpc) is 2.31. The van der Waals surface area contributed by atoms with Crippen LogP contribution in [0, 0.1) is 0 Å². The van der Waals surface area contributed by atoms with Gasteiger partial charge in [-0.25, -0.2) is 0 Å². The zero-order valence-electron chi connectivity index (χ0n) is 6.45. The standard InChI is InChI=1S/C7H11Cl2NO2/c8-1-5(9)2-10-3-6(11)7(12)4-10/h1,6-7,11-12H,2-4H2/b5-1-. The first kappa shape index (κ1) is 10.3. The molecule has 1 heterocycles.